The van der Waals surface area contributed by atoms with Gasteiger partial charge in [-0.1, -0.05) is 191 Å². The minimum Gasteiger partial charge on any atom is -0.493 e. The normalized spacial score (nSPS) is 13.2. The maximum Gasteiger partial charge on any atom is 0.159 e. The summed E-state index contributed by atoms with van der Waals surface area (Å²) in [6, 6.07) is 33.9. The van der Waals surface area contributed by atoms with Gasteiger partial charge in [0.25, 0.3) is 0 Å². The van der Waals surface area contributed by atoms with E-state index < -0.39 is 12.2 Å². The van der Waals surface area contributed by atoms with E-state index in [1.165, 1.54) is 88.2 Å². The largest absolute Gasteiger partial charge is 0.493 e. The van der Waals surface area contributed by atoms with Gasteiger partial charge in [0.1, 0.15) is 23.7 Å². The third kappa shape index (κ3) is 16.4. The lowest BCUT2D eigenvalue weighted by Gasteiger charge is -2.27. The fraction of sp³-hybridized carbons (Fsp3) is 0.467. The Labute approximate surface area is 403 Å². The molecule has 6 rings (SSSR count). The van der Waals surface area contributed by atoms with Crippen molar-refractivity contribution in [1.82, 2.24) is 19.9 Å². The van der Waals surface area contributed by atoms with Crippen LogP contribution < -0.4 is 9.47 Å². The summed E-state index contributed by atoms with van der Waals surface area (Å²) in [7, 11) is 0. The molecular formula is C60H78N4O3. The quantitative estimate of drug-likeness (QED) is 0.0417. The standard InChI is InChI=1S/C60H78N4O3/c1-7-11-13-15-17-19-21-47-39-61-59(62-40-47)53-27-23-49(24-28-53)57(51-31-35-55(36-32-51)65-43-45(5)9-3)67-58(52-33-37-56(38-34-52)66-44-46(6)10-4)50-25-29-54(30-26-50)60-63-41-48(42-64-60)22-20-18-16-14-12-8-2/h23-42,45-46,57-58H,7-22,43-44H2,1-6H3. The van der Waals surface area contributed by atoms with E-state index in [0.717, 1.165) is 82.2 Å². The van der Waals surface area contributed by atoms with Gasteiger partial charge < -0.3 is 14.2 Å². The fourth-order valence-electron chi connectivity index (χ4n) is 8.12. The second-order valence-electron chi connectivity index (χ2n) is 18.8. The highest BCUT2D eigenvalue weighted by Crippen LogP contribution is 2.38. The van der Waals surface area contributed by atoms with E-state index in [0.29, 0.717) is 25.0 Å². The van der Waals surface area contributed by atoms with Gasteiger partial charge in [-0.2, -0.15) is 0 Å². The van der Waals surface area contributed by atoms with E-state index >= 15 is 0 Å². The lowest BCUT2D eigenvalue weighted by molar-refractivity contribution is 0.0308. The molecule has 7 nitrogen and oxygen atoms in total. The third-order valence-corrected chi connectivity index (χ3v) is 13.1. The first kappa shape index (κ1) is 51.0. The van der Waals surface area contributed by atoms with Crippen LogP contribution in [0.25, 0.3) is 22.8 Å². The van der Waals surface area contributed by atoms with Crippen molar-refractivity contribution in [3.8, 4) is 34.3 Å². The molecular weight excluding hydrogens is 825 g/mol. The van der Waals surface area contributed by atoms with Gasteiger partial charge in [0.05, 0.1) is 13.2 Å². The molecule has 2 heterocycles. The van der Waals surface area contributed by atoms with Crippen molar-refractivity contribution < 1.29 is 14.2 Å². The smallest absolute Gasteiger partial charge is 0.159 e. The van der Waals surface area contributed by atoms with Crippen molar-refractivity contribution in [2.45, 2.75) is 156 Å². The minimum absolute atomic E-state index is 0.410. The number of aryl methyl sites for hydroxylation is 2. The van der Waals surface area contributed by atoms with Crippen LogP contribution in [0.2, 0.25) is 0 Å². The molecule has 0 aliphatic carbocycles. The molecule has 0 saturated heterocycles. The average Bonchev–Trinajstić information content (AvgIpc) is 3.38. The van der Waals surface area contributed by atoms with E-state index in [1.54, 1.807) is 0 Å². The Morgan fingerprint density at radius 2 is 0.701 bits per heavy atom. The highest BCUT2D eigenvalue weighted by Gasteiger charge is 2.25. The number of rotatable bonds is 30. The molecule has 0 fully saturated rings. The Kier molecular flexibility index (Phi) is 21.4. The van der Waals surface area contributed by atoms with Gasteiger partial charge in [-0.15, -0.1) is 0 Å². The van der Waals surface area contributed by atoms with Crippen molar-refractivity contribution >= 4 is 0 Å². The van der Waals surface area contributed by atoms with Gasteiger partial charge >= 0.3 is 0 Å². The Balaban J connectivity index is 1.27. The molecule has 6 aromatic rings. The van der Waals surface area contributed by atoms with Gasteiger partial charge in [0.2, 0.25) is 0 Å². The molecule has 4 aromatic carbocycles. The summed E-state index contributed by atoms with van der Waals surface area (Å²) < 4.78 is 19.8. The molecule has 0 spiro atoms. The van der Waals surface area contributed by atoms with Crippen LogP contribution in [0, 0.1) is 11.8 Å². The highest BCUT2D eigenvalue weighted by atomic mass is 16.5. The Hall–Kier alpha value is -5.40. The molecule has 0 aliphatic heterocycles. The van der Waals surface area contributed by atoms with E-state index in [9.17, 15) is 0 Å². The number of unbranched alkanes of at least 4 members (excludes halogenated alkanes) is 10. The first-order chi connectivity index (χ1) is 32.9. The van der Waals surface area contributed by atoms with Crippen LogP contribution in [0.5, 0.6) is 11.5 Å². The number of benzene rings is 4. The predicted octanol–water partition coefficient (Wildman–Crippen LogP) is 16.2. The van der Waals surface area contributed by atoms with Gasteiger partial charge in [-0.25, -0.2) is 19.9 Å². The summed E-state index contributed by atoms with van der Waals surface area (Å²) in [5.41, 5.74) is 8.45. The SMILES string of the molecule is CCCCCCCCc1cnc(-c2ccc(C(OC(c3ccc(OCC(C)CC)cc3)c3ccc(-c4ncc(CCCCCCCC)cn4)cc3)c3ccc(OCC(C)CC)cc3)cc2)nc1. The van der Waals surface area contributed by atoms with Crippen LogP contribution in [-0.4, -0.2) is 33.1 Å². The zero-order chi connectivity index (χ0) is 47.1. The zero-order valence-corrected chi connectivity index (χ0v) is 41.6. The highest BCUT2D eigenvalue weighted by molar-refractivity contribution is 5.57. The molecule has 67 heavy (non-hydrogen) atoms. The lowest BCUT2D eigenvalue weighted by atomic mass is 9.96. The van der Waals surface area contributed by atoms with Gasteiger partial charge in [-0.3, -0.25) is 0 Å². The summed E-state index contributed by atoms with van der Waals surface area (Å²) in [4.78, 5) is 19.2. The third-order valence-electron chi connectivity index (χ3n) is 13.1. The Morgan fingerprint density at radius 1 is 0.388 bits per heavy atom. The van der Waals surface area contributed by atoms with E-state index in [-0.39, 0.29) is 0 Å². The molecule has 4 atom stereocenters. The van der Waals surface area contributed by atoms with Crippen LogP contribution in [-0.2, 0) is 17.6 Å². The summed E-state index contributed by atoms with van der Waals surface area (Å²) >= 11 is 0. The number of nitrogens with zero attached hydrogens (tertiary/aromatic N) is 4. The van der Waals surface area contributed by atoms with Gasteiger partial charge in [0, 0.05) is 35.9 Å². The maximum atomic E-state index is 7.42. The lowest BCUT2D eigenvalue weighted by Crippen LogP contribution is -2.14. The summed E-state index contributed by atoms with van der Waals surface area (Å²) in [5, 5.41) is 0. The Bertz CT molecular complexity index is 2080. The molecule has 0 radical (unpaired) electrons. The molecule has 2 aromatic heterocycles. The number of aromatic nitrogens is 4. The Morgan fingerprint density at radius 3 is 1.03 bits per heavy atom. The first-order valence-corrected chi connectivity index (χ1v) is 25.8. The van der Waals surface area contributed by atoms with Crippen LogP contribution in [0.4, 0.5) is 0 Å². The molecule has 0 N–H and O–H groups in total. The number of hydrogen-bond donors (Lipinski definition) is 0. The summed E-state index contributed by atoms with van der Waals surface area (Å²) in [6.45, 7) is 14.7. The molecule has 0 saturated carbocycles. The molecule has 356 valence electrons. The van der Waals surface area contributed by atoms with Crippen molar-refractivity contribution in [2.24, 2.45) is 11.8 Å². The van der Waals surface area contributed by atoms with Crippen molar-refractivity contribution in [1.29, 1.82) is 0 Å². The van der Waals surface area contributed by atoms with Crippen molar-refractivity contribution in [3.05, 3.63) is 155 Å². The van der Waals surface area contributed by atoms with Crippen molar-refractivity contribution in [3.63, 3.8) is 0 Å². The van der Waals surface area contributed by atoms with Crippen molar-refractivity contribution in [2.75, 3.05) is 13.2 Å². The molecule has 0 aliphatic rings. The second-order valence-corrected chi connectivity index (χ2v) is 18.8. The summed E-state index contributed by atoms with van der Waals surface area (Å²) in [6.07, 6.45) is 26.7. The summed E-state index contributed by atoms with van der Waals surface area (Å²) in [5.74, 6) is 4.12. The van der Waals surface area contributed by atoms with E-state index in [1.807, 2.05) is 24.8 Å². The van der Waals surface area contributed by atoms with Gasteiger partial charge in [0.15, 0.2) is 11.6 Å². The topological polar surface area (TPSA) is 79.2 Å². The molecule has 4 unspecified atom stereocenters. The molecule has 0 amide bonds. The predicted molar refractivity (Wildman–Crippen MR) is 277 cm³/mol. The van der Waals surface area contributed by atoms with Crippen LogP contribution >= 0.6 is 0 Å². The average molecular weight is 903 g/mol. The maximum absolute atomic E-state index is 7.42. The molecule has 7 heteroatoms. The second kappa shape index (κ2) is 28.1. The van der Waals surface area contributed by atoms with Crippen LogP contribution in [0.15, 0.2) is 122 Å². The number of hydrogen-bond acceptors (Lipinski definition) is 7. The minimum atomic E-state index is -0.410. The fourth-order valence-corrected chi connectivity index (χ4v) is 8.12. The van der Waals surface area contributed by atoms with Crippen LogP contribution in [0.1, 0.15) is 177 Å². The zero-order valence-electron chi connectivity index (χ0n) is 41.6. The monoisotopic (exact) mass is 903 g/mol. The first-order valence-electron chi connectivity index (χ1n) is 25.8. The van der Waals surface area contributed by atoms with E-state index in [2.05, 4.69) is 139 Å². The molecule has 0 bridgehead atoms. The van der Waals surface area contributed by atoms with Gasteiger partial charge in [-0.05, 0) is 95.2 Å². The van der Waals surface area contributed by atoms with Crippen LogP contribution in [0.3, 0.4) is 0 Å². The van der Waals surface area contributed by atoms with E-state index in [4.69, 9.17) is 34.1 Å². The number of ether oxygens (including phenoxy) is 3.